The Hall–Kier alpha value is -1.43. The number of amides is 1. The zero-order valence-electron chi connectivity index (χ0n) is 11.2. The Balaban J connectivity index is 1.80. The van der Waals surface area contributed by atoms with Crippen LogP contribution in [-0.4, -0.2) is 17.0 Å². The minimum Gasteiger partial charge on any atom is -0.481 e. The number of carbonyl (C=O) groups excluding carboxylic acids is 1. The molecule has 2 fully saturated rings. The molecule has 21 heavy (non-hydrogen) atoms. The molecule has 3 rings (SSSR count). The van der Waals surface area contributed by atoms with Gasteiger partial charge in [-0.2, -0.15) is 0 Å². The summed E-state index contributed by atoms with van der Waals surface area (Å²) in [5.41, 5.74) is 0.0927. The maximum absolute atomic E-state index is 13.8. The van der Waals surface area contributed by atoms with Crippen LogP contribution in [0.2, 0.25) is 0 Å². The molecule has 1 aromatic carbocycles. The van der Waals surface area contributed by atoms with Crippen molar-refractivity contribution in [3.8, 4) is 0 Å². The number of carbonyl (C=O) groups is 2. The lowest BCUT2D eigenvalue weighted by molar-refractivity contribution is -0.148. The number of hydrogen-bond acceptors (Lipinski definition) is 2. The van der Waals surface area contributed by atoms with E-state index in [1.54, 1.807) is 6.07 Å². The van der Waals surface area contributed by atoms with E-state index >= 15 is 0 Å². The van der Waals surface area contributed by atoms with Crippen molar-refractivity contribution in [2.45, 2.75) is 19.3 Å². The van der Waals surface area contributed by atoms with Crippen LogP contribution in [0.25, 0.3) is 0 Å². The van der Waals surface area contributed by atoms with Crippen molar-refractivity contribution < 1.29 is 19.1 Å². The summed E-state index contributed by atoms with van der Waals surface area (Å²) >= 11 is 3.15. The lowest BCUT2D eigenvalue weighted by Crippen LogP contribution is -2.38. The molecule has 0 radical (unpaired) electrons. The molecule has 2 aliphatic rings. The normalized spacial score (nSPS) is 30.4. The predicted molar refractivity (Wildman–Crippen MR) is 78.2 cm³/mol. The van der Waals surface area contributed by atoms with Gasteiger partial charge in [0.1, 0.15) is 5.82 Å². The fourth-order valence-electron chi connectivity index (χ4n) is 3.83. The smallest absolute Gasteiger partial charge is 0.307 e. The Morgan fingerprint density at radius 3 is 2.52 bits per heavy atom. The van der Waals surface area contributed by atoms with Gasteiger partial charge in [-0.25, -0.2) is 4.39 Å². The number of carboxylic acids is 1. The summed E-state index contributed by atoms with van der Waals surface area (Å²) in [6, 6.07) is 4.37. The summed E-state index contributed by atoms with van der Waals surface area (Å²) in [7, 11) is 0. The van der Waals surface area contributed by atoms with Gasteiger partial charge in [0.2, 0.25) is 5.91 Å². The second-order valence-electron chi connectivity index (χ2n) is 5.84. The number of hydrogen-bond donors (Lipinski definition) is 2. The molecule has 6 heteroatoms. The van der Waals surface area contributed by atoms with Crippen LogP contribution >= 0.6 is 15.9 Å². The van der Waals surface area contributed by atoms with Crippen LogP contribution in [0, 0.1) is 29.5 Å². The summed E-state index contributed by atoms with van der Waals surface area (Å²) < 4.78 is 14.4. The van der Waals surface area contributed by atoms with Crippen LogP contribution in [0.3, 0.4) is 0 Å². The predicted octanol–water partition coefficient (Wildman–Crippen LogP) is 3.27. The summed E-state index contributed by atoms with van der Waals surface area (Å²) in [4.78, 5) is 23.8. The molecule has 0 spiro atoms. The Bertz CT molecular complexity index is 607. The number of anilines is 1. The third-order valence-corrected chi connectivity index (χ3v) is 5.19. The quantitative estimate of drug-likeness (QED) is 0.874. The van der Waals surface area contributed by atoms with Crippen LogP contribution in [0.5, 0.6) is 0 Å². The van der Waals surface area contributed by atoms with E-state index in [0.29, 0.717) is 4.47 Å². The first-order chi connectivity index (χ1) is 9.97. The van der Waals surface area contributed by atoms with Crippen molar-refractivity contribution in [1.82, 2.24) is 0 Å². The molecule has 4 nitrogen and oxygen atoms in total. The molecule has 0 unspecified atom stereocenters. The van der Waals surface area contributed by atoms with E-state index in [2.05, 4.69) is 21.2 Å². The zero-order chi connectivity index (χ0) is 15.1. The topological polar surface area (TPSA) is 66.4 Å². The Kier molecular flexibility index (Phi) is 3.73. The van der Waals surface area contributed by atoms with E-state index in [1.165, 1.54) is 12.1 Å². The van der Waals surface area contributed by atoms with Crippen molar-refractivity contribution >= 4 is 33.5 Å². The standard InChI is InChI=1S/C15H15BrFNO3/c16-9-3-4-11(10(17)6-9)18-14(19)12-7-1-2-8(5-7)13(12)15(20)21/h3-4,6-8,12-13H,1-2,5H2,(H,18,19)(H,20,21)/t7-,8+,12-,13-/m0/s1. The molecule has 2 bridgehead atoms. The van der Waals surface area contributed by atoms with Gasteiger partial charge >= 0.3 is 5.97 Å². The van der Waals surface area contributed by atoms with E-state index in [9.17, 15) is 19.1 Å². The highest BCUT2D eigenvalue weighted by Crippen LogP contribution is 2.52. The zero-order valence-corrected chi connectivity index (χ0v) is 12.8. The number of nitrogens with one attached hydrogen (secondary N) is 1. The van der Waals surface area contributed by atoms with E-state index in [0.717, 1.165) is 19.3 Å². The summed E-state index contributed by atoms with van der Waals surface area (Å²) in [5.74, 6) is -2.83. The van der Waals surface area contributed by atoms with Crippen molar-refractivity contribution in [1.29, 1.82) is 0 Å². The van der Waals surface area contributed by atoms with Crippen molar-refractivity contribution in [2.24, 2.45) is 23.7 Å². The van der Waals surface area contributed by atoms with Gasteiger partial charge in [-0.15, -0.1) is 0 Å². The van der Waals surface area contributed by atoms with Crippen LogP contribution in [0.4, 0.5) is 10.1 Å². The summed E-state index contributed by atoms with van der Waals surface area (Å²) in [6.45, 7) is 0. The molecule has 0 aromatic heterocycles. The van der Waals surface area contributed by atoms with Gasteiger partial charge in [-0.3, -0.25) is 9.59 Å². The van der Waals surface area contributed by atoms with Crippen LogP contribution in [-0.2, 0) is 9.59 Å². The first-order valence-electron chi connectivity index (χ1n) is 6.96. The molecule has 0 heterocycles. The molecular weight excluding hydrogens is 341 g/mol. The minimum absolute atomic E-state index is 0.0815. The Labute approximate surface area is 129 Å². The largest absolute Gasteiger partial charge is 0.481 e. The van der Waals surface area contributed by atoms with Crippen molar-refractivity contribution in [3.63, 3.8) is 0 Å². The van der Waals surface area contributed by atoms with Crippen LogP contribution in [0.1, 0.15) is 19.3 Å². The van der Waals surface area contributed by atoms with Gasteiger partial charge in [-0.1, -0.05) is 15.9 Å². The summed E-state index contributed by atoms with van der Waals surface area (Å²) in [6.07, 6.45) is 2.55. The van der Waals surface area contributed by atoms with Crippen LogP contribution < -0.4 is 5.32 Å². The third kappa shape index (κ3) is 2.57. The van der Waals surface area contributed by atoms with Gasteiger partial charge in [0, 0.05) is 4.47 Å². The highest BCUT2D eigenvalue weighted by Gasteiger charge is 2.54. The van der Waals surface area contributed by atoms with E-state index in [4.69, 9.17) is 0 Å². The molecule has 2 saturated carbocycles. The monoisotopic (exact) mass is 355 g/mol. The number of halogens is 2. The SMILES string of the molecule is O=C(O)[C@H]1[C@@H]2CC[C@@H](C2)[C@@H]1C(=O)Nc1ccc(Br)cc1F. The minimum atomic E-state index is -0.918. The van der Waals surface area contributed by atoms with Gasteiger partial charge in [0.15, 0.2) is 0 Å². The molecule has 4 atom stereocenters. The maximum atomic E-state index is 13.8. The van der Waals surface area contributed by atoms with E-state index in [-0.39, 0.29) is 23.4 Å². The third-order valence-electron chi connectivity index (χ3n) is 4.69. The Morgan fingerprint density at radius 2 is 1.90 bits per heavy atom. The van der Waals surface area contributed by atoms with Crippen molar-refractivity contribution in [3.05, 3.63) is 28.5 Å². The molecule has 0 saturated heterocycles. The maximum Gasteiger partial charge on any atom is 0.307 e. The second-order valence-corrected chi connectivity index (χ2v) is 6.75. The average Bonchev–Trinajstić information content (AvgIpc) is 3.02. The molecule has 1 aromatic rings. The van der Waals surface area contributed by atoms with E-state index < -0.39 is 23.6 Å². The lowest BCUT2D eigenvalue weighted by Gasteiger charge is -2.27. The van der Waals surface area contributed by atoms with Gasteiger partial charge in [0.25, 0.3) is 0 Å². The number of carboxylic acid groups (broad SMARTS) is 1. The number of aliphatic carboxylic acids is 1. The average molecular weight is 356 g/mol. The van der Waals surface area contributed by atoms with Gasteiger partial charge in [0.05, 0.1) is 17.5 Å². The van der Waals surface area contributed by atoms with Crippen LogP contribution in [0.15, 0.2) is 22.7 Å². The van der Waals surface area contributed by atoms with Gasteiger partial charge < -0.3 is 10.4 Å². The van der Waals surface area contributed by atoms with E-state index in [1.807, 2.05) is 0 Å². The molecule has 112 valence electrons. The molecule has 1 amide bonds. The lowest BCUT2D eigenvalue weighted by atomic mass is 9.78. The highest BCUT2D eigenvalue weighted by atomic mass is 79.9. The fourth-order valence-corrected chi connectivity index (χ4v) is 4.16. The number of fused-ring (bicyclic) bond motifs is 2. The number of rotatable bonds is 3. The molecule has 0 aliphatic heterocycles. The molecule has 2 aliphatic carbocycles. The number of benzene rings is 1. The first kappa shape index (κ1) is 14.5. The fraction of sp³-hybridized carbons (Fsp3) is 0.467. The highest BCUT2D eigenvalue weighted by molar-refractivity contribution is 9.10. The van der Waals surface area contributed by atoms with Gasteiger partial charge in [-0.05, 0) is 49.3 Å². The molecular formula is C15H15BrFNO3. The molecule has 2 N–H and O–H groups in total. The summed E-state index contributed by atoms with van der Waals surface area (Å²) in [5, 5.41) is 11.9. The second kappa shape index (κ2) is 5.40. The Morgan fingerprint density at radius 1 is 1.24 bits per heavy atom. The van der Waals surface area contributed by atoms with Crippen molar-refractivity contribution in [2.75, 3.05) is 5.32 Å². The first-order valence-corrected chi connectivity index (χ1v) is 7.75.